The minimum atomic E-state index is -0.441. The maximum Gasteiger partial charge on any atom is 0.0719 e. The second-order valence-corrected chi connectivity index (χ2v) is 18.4. The fraction of sp³-hybridized carbons (Fsp3) is 0.115. The Morgan fingerprint density at radius 2 is 0.726 bits per heavy atom. The SMILES string of the molecule is CC1(C)c2ccccc2-c2ccc(-c3ccccc3N(c3ccccc3)c3cccc(-c4ccc5c(c4)C4(c6ccccc6-5)c5ccccc5C(C)(C)c5ccccc54)c3)cc21. The summed E-state index contributed by atoms with van der Waals surface area (Å²) in [5.74, 6) is 0. The molecule has 0 atom stereocenters. The smallest absolute Gasteiger partial charge is 0.0719 e. The summed E-state index contributed by atoms with van der Waals surface area (Å²) in [5, 5.41) is 0. The second kappa shape index (κ2) is 13.4. The summed E-state index contributed by atoms with van der Waals surface area (Å²) in [6, 6.07) is 79.6. The summed E-state index contributed by atoms with van der Waals surface area (Å²) < 4.78 is 0. The summed E-state index contributed by atoms with van der Waals surface area (Å²) in [5.41, 5.74) is 23.9. The van der Waals surface area contributed by atoms with Crippen LogP contribution in [0, 0.1) is 0 Å². The van der Waals surface area contributed by atoms with E-state index in [1.807, 2.05) is 0 Å². The Hall–Kier alpha value is -7.22. The van der Waals surface area contributed by atoms with Gasteiger partial charge >= 0.3 is 0 Å². The van der Waals surface area contributed by atoms with Gasteiger partial charge in [-0.3, -0.25) is 0 Å². The van der Waals surface area contributed by atoms with Gasteiger partial charge in [0.25, 0.3) is 0 Å². The zero-order valence-corrected chi connectivity index (χ0v) is 35.7. The Balaban J connectivity index is 1.03. The van der Waals surface area contributed by atoms with E-state index in [1.165, 1.54) is 89.0 Å². The summed E-state index contributed by atoms with van der Waals surface area (Å²) in [6.45, 7) is 9.51. The number of hydrogen-bond donors (Lipinski definition) is 0. The first-order valence-corrected chi connectivity index (χ1v) is 22.0. The van der Waals surface area contributed by atoms with Crippen molar-refractivity contribution >= 4 is 17.1 Å². The summed E-state index contributed by atoms with van der Waals surface area (Å²) in [7, 11) is 0. The lowest BCUT2D eigenvalue weighted by Crippen LogP contribution is -2.40. The van der Waals surface area contributed by atoms with Gasteiger partial charge < -0.3 is 4.90 Å². The highest BCUT2D eigenvalue weighted by atomic mass is 15.1. The van der Waals surface area contributed by atoms with Gasteiger partial charge in [0, 0.05) is 27.8 Å². The first kappa shape index (κ1) is 36.6. The molecular weight excluding hydrogens is 747 g/mol. The molecule has 296 valence electrons. The molecule has 1 heteroatoms. The van der Waals surface area contributed by atoms with E-state index in [2.05, 4.69) is 245 Å². The molecule has 9 aromatic carbocycles. The summed E-state index contributed by atoms with van der Waals surface area (Å²) in [4.78, 5) is 2.44. The van der Waals surface area contributed by atoms with Crippen LogP contribution in [0.5, 0.6) is 0 Å². The van der Waals surface area contributed by atoms with E-state index in [9.17, 15) is 0 Å². The molecule has 62 heavy (non-hydrogen) atoms. The van der Waals surface area contributed by atoms with Crippen molar-refractivity contribution in [1.82, 2.24) is 0 Å². The van der Waals surface area contributed by atoms with Crippen molar-refractivity contribution in [1.29, 1.82) is 0 Å². The van der Waals surface area contributed by atoms with E-state index in [-0.39, 0.29) is 10.8 Å². The highest BCUT2D eigenvalue weighted by Crippen LogP contribution is 2.62. The number of rotatable bonds is 5. The molecule has 0 unspecified atom stereocenters. The first-order chi connectivity index (χ1) is 30.3. The van der Waals surface area contributed by atoms with Crippen molar-refractivity contribution in [2.24, 2.45) is 0 Å². The van der Waals surface area contributed by atoms with Crippen molar-refractivity contribution < 1.29 is 0 Å². The number of nitrogens with zero attached hydrogens (tertiary/aromatic N) is 1. The van der Waals surface area contributed by atoms with Gasteiger partial charge in [-0.1, -0.05) is 198 Å². The predicted octanol–water partition coefficient (Wildman–Crippen LogP) is 15.8. The Kier molecular flexibility index (Phi) is 7.91. The van der Waals surface area contributed by atoms with Crippen molar-refractivity contribution in [2.45, 2.75) is 43.9 Å². The third-order valence-electron chi connectivity index (χ3n) is 14.5. The second-order valence-electron chi connectivity index (χ2n) is 18.4. The maximum absolute atomic E-state index is 2.51. The van der Waals surface area contributed by atoms with Gasteiger partial charge in [0.05, 0.1) is 11.1 Å². The predicted molar refractivity (Wildman–Crippen MR) is 259 cm³/mol. The number of benzene rings is 9. The zero-order chi connectivity index (χ0) is 41.8. The van der Waals surface area contributed by atoms with E-state index < -0.39 is 5.41 Å². The molecule has 0 heterocycles. The molecule has 3 aliphatic carbocycles. The van der Waals surface area contributed by atoms with E-state index in [4.69, 9.17) is 0 Å². The molecule has 0 saturated carbocycles. The molecule has 0 bridgehead atoms. The van der Waals surface area contributed by atoms with Gasteiger partial charge in [-0.2, -0.15) is 0 Å². The fourth-order valence-electron chi connectivity index (χ4n) is 11.7. The normalized spacial score (nSPS) is 15.2. The Morgan fingerprint density at radius 1 is 0.274 bits per heavy atom. The lowest BCUT2D eigenvalue weighted by atomic mass is 9.55. The molecule has 0 aromatic heterocycles. The van der Waals surface area contributed by atoms with Gasteiger partial charge in [-0.15, -0.1) is 0 Å². The van der Waals surface area contributed by atoms with Gasteiger partial charge in [0.2, 0.25) is 0 Å². The molecule has 0 saturated heterocycles. The van der Waals surface area contributed by atoms with E-state index in [1.54, 1.807) is 0 Å². The van der Waals surface area contributed by atoms with Crippen LogP contribution in [-0.2, 0) is 16.2 Å². The Labute approximate surface area is 365 Å². The van der Waals surface area contributed by atoms with Crippen LogP contribution >= 0.6 is 0 Å². The van der Waals surface area contributed by atoms with E-state index in [0.717, 1.165) is 17.1 Å². The van der Waals surface area contributed by atoms with Gasteiger partial charge in [0.15, 0.2) is 0 Å². The monoisotopic (exact) mass is 793 g/mol. The minimum absolute atomic E-state index is 0.0852. The van der Waals surface area contributed by atoms with Crippen LogP contribution in [0.4, 0.5) is 17.1 Å². The number of hydrogen-bond acceptors (Lipinski definition) is 1. The van der Waals surface area contributed by atoms with Crippen molar-refractivity contribution in [2.75, 3.05) is 4.90 Å². The van der Waals surface area contributed by atoms with Crippen LogP contribution in [0.25, 0.3) is 44.5 Å². The molecule has 9 aromatic rings. The minimum Gasteiger partial charge on any atom is -0.310 e. The van der Waals surface area contributed by atoms with Crippen molar-refractivity contribution in [3.8, 4) is 44.5 Å². The van der Waals surface area contributed by atoms with Gasteiger partial charge in [-0.25, -0.2) is 0 Å². The largest absolute Gasteiger partial charge is 0.310 e. The summed E-state index contributed by atoms with van der Waals surface area (Å²) in [6.07, 6.45) is 0. The first-order valence-electron chi connectivity index (χ1n) is 22.0. The lowest BCUT2D eigenvalue weighted by Gasteiger charge is -2.46. The molecule has 0 radical (unpaired) electrons. The Morgan fingerprint density at radius 3 is 1.42 bits per heavy atom. The number of anilines is 3. The average molecular weight is 794 g/mol. The zero-order valence-electron chi connectivity index (χ0n) is 35.7. The number of fused-ring (bicyclic) bond motifs is 12. The standard InChI is InChI=1S/C61H47N/c1-59(2)50-26-11-8-24-46(50)48-36-34-42(39-56(48)59)45-23-10-17-32-58(45)62(43-20-6-5-7-21-43)44-22-18-19-40(37-44)41-33-35-49-47-25-9-12-27-51(47)61(57(49)38-41)54-30-15-13-28-52(54)60(3,4)53-29-14-16-31-55(53)61/h5-39H,1-4H3. The highest BCUT2D eigenvalue weighted by molar-refractivity contribution is 5.93. The van der Waals surface area contributed by atoms with E-state index in [0.29, 0.717) is 0 Å². The molecule has 0 fully saturated rings. The third-order valence-corrected chi connectivity index (χ3v) is 14.5. The topological polar surface area (TPSA) is 3.24 Å². The van der Waals surface area contributed by atoms with E-state index >= 15 is 0 Å². The quantitative estimate of drug-likeness (QED) is 0.168. The number of para-hydroxylation sites is 2. The van der Waals surface area contributed by atoms with Crippen LogP contribution in [0.3, 0.4) is 0 Å². The van der Waals surface area contributed by atoms with Gasteiger partial charge in [0.1, 0.15) is 0 Å². The summed E-state index contributed by atoms with van der Waals surface area (Å²) >= 11 is 0. The molecule has 0 N–H and O–H groups in total. The molecule has 1 spiro atoms. The average Bonchev–Trinajstić information content (AvgIpc) is 3.74. The van der Waals surface area contributed by atoms with Gasteiger partial charge in [-0.05, 0) is 126 Å². The fourth-order valence-corrected chi connectivity index (χ4v) is 11.7. The van der Waals surface area contributed by atoms with Crippen LogP contribution in [-0.4, -0.2) is 0 Å². The van der Waals surface area contributed by atoms with Crippen molar-refractivity contribution in [3.63, 3.8) is 0 Å². The molecular formula is C61H47N. The molecule has 3 aliphatic rings. The van der Waals surface area contributed by atoms with Crippen LogP contribution in [0.2, 0.25) is 0 Å². The highest BCUT2D eigenvalue weighted by Gasteiger charge is 2.53. The Bertz CT molecular complexity index is 3210. The van der Waals surface area contributed by atoms with Crippen molar-refractivity contribution in [3.05, 3.63) is 257 Å². The molecule has 0 aliphatic heterocycles. The molecule has 0 amide bonds. The van der Waals surface area contributed by atoms with Crippen LogP contribution in [0.1, 0.15) is 72.2 Å². The van der Waals surface area contributed by atoms with Crippen LogP contribution < -0.4 is 4.90 Å². The van der Waals surface area contributed by atoms with Crippen LogP contribution in [0.15, 0.2) is 212 Å². The lowest BCUT2D eigenvalue weighted by molar-refractivity contribution is 0.563. The molecule has 1 nitrogen and oxygen atoms in total. The maximum atomic E-state index is 2.51. The molecule has 12 rings (SSSR count). The third kappa shape index (κ3) is 5.03.